The number of hydrogen-bond donors (Lipinski definition) is 0. The molecular weight excluding hydrogens is 830 g/mol. The van der Waals surface area contributed by atoms with Gasteiger partial charge in [0.05, 0.1) is 0 Å². The fourth-order valence-electron chi connectivity index (χ4n) is 2.38. The Labute approximate surface area is 287 Å². The van der Waals surface area contributed by atoms with E-state index in [-0.39, 0.29) is 17.5 Å². The van der Waals surface area contributed by atoms with Gasteiger partial charge in [-0.05, 0) is 36.1 Å². The summed E-state index contributed by atoms with van der Waals surface area (Å²) in [5, 5.41) is 0. The number of alkyl halides is 18. The van der Waals surface area contributed by atoms with Crippen LogP contribution in [0.4, 0.5) is 0 Å². The summed E-state index contributed by atoms with van der Waals surface area (Å²) in [6, 6.07) is 4.00. The highest BCUT2D eigenvalue weighted by Crippen LogP contribution is 2.67. The van der Waals surface area contributed by atoms with Crippen molar-refractivity contribution in [1.29, 1.82) is 0 Å². The molecule has 0 nitrogen and oxygen atoms in total. The van der Waals surface area contributed by atoms with Crippen molar-refractivity contribution in [2.75, 3.05) is 0 Å². The molecule has 0 unspecified atom stereocenters. The molecule has 0 bridgehead atoms. The first-order chi connectivity index (χ1) is 14.7. The summed E-state index contributed by atoms with van der Waals surface area (Å²) in [7, 11) is 0. The Morgan fingerprint density at radius 1 is 0.500 bits per heavy atom. The van der Waals surface area contributed by atoms with Crippen LogP contribution in [0.2, 0.25) is 0 Å². The van der Waals surface area contributed by atoms with Crippen LogP contribution in [0, 0.1) is 6.92 Å². The molecule has 1 aromatic carbocycles. The predicted molar refractivity (Wildman–Crippen MR) is 161 cm³/mol. The molecule has 1 aromatic rings. The van der Waals surface area contributed by atoms with Crippen molar-refractivity contribution < 1.29 is 0 Å². The van der Waals surface area contributed by atoms with Gasteiger partial charge in [-0.2, -0.15) is 0 Å². The van der Waals surface area contributed by atoms with E-state index in [1.165, 1.54) is 18.2 Å². The van der Waals surface area contributed by atoms with Crippen molar-refractivity contribution in [2.24, 2.45) is 0 Å². The SMILES string of the molecule is [CH2]Cc1ccc(C(Cl)(Cl)C(Cl)(Cl)C(Cl)(Cl)C(Cl)(Cl)Cl)cc1C(Cl)(Cl)C(Cl)(Cl)C(Cl)(Cl)C(Cl)(Cl)Cl. The van der Waals surface area contributed by atoms with E-state index in [4.69, 9.17) is 209 Å². The van der Waals surface area contributed by atoms with E-state index in [1.807, 2.05) is 0 Å². The zero-order valence-corrected chi connectivity index (χ0v) is 29.1. The van der Waals surface area contributed by atoms with Crippen LogP contribution in [0.3, 0.4) is 0 Å². The van der Waals surface area contributed by atoms with Crippen molar-refractivity contribution in [1.82, 2.24) is 0 Å². The minimum Gasteiger partial charge on any atom is -0.0943 e. The van der Waals surface area contributed by atoms with Crippen LogP contribution in [0.1, 0.15) is 16.7 Å². The van der Waals surface area contributed by atoms with Crippen LogP contribution < -0.4 is 0 Å². The largest absolute Gasteiger partial charge is 0.226 e. The average Bonchev–Trinajstić information content (AvgIpc) is 2.64. The Balaban J connectivity index is 3.88. The Hall–Kier alpha value is 4.44. The van der Waals surface area contributed by atoms with Gasteiger partial charge in [0.1, 0.15) is 0 Å². The molecule has 34 heavy (non-hydrogen) atoms. The molecule has 0 saturated carbocycles. The van der Waals surface area contributed by atoms with Crippen LogP contribution in [0.15, 0.2) is 18.2 Å². The molecule has 0 amide bonds. The fourth-order valence-corrected chi connectivity index (χ4v) is 6.91. The summed E-state index contributed by atoms with van der Waals surface area (Å²) in [4.78, 5) is 0. The number of benzene rings is 1. The molecule has 1 rings (SSSR count). The normalized spacial score (nSPS) is 15.6. The van der Waals surface area contributed by atoms with Crippen LogP contribution in [0.25, 0.3) is 0 Å². The monoisotopic (exact) mass is 828 g/mol. The first-order valence-corrected chi connectivity index (χ1v) is 14.8. The molecule has 0 aromatic heterocycles. The minimum absolute atomic E-state index is 0.0771. The van der Waals surface area contributed by atoms with Gasteiger partial charge in [-0.3, -0.25) is 0 Å². The Kier molecular flexibility index (Phi) is 12.5. The van der Waals surface area contributed by atoms with E-state index >= 15 is 0 Å². The van der Waals surface area contributed by atoms with Crippen molar-refractivity contribution in [2.45, 2.75) is 40.0 Å². The van der Waals surface area contributed by atoms with E-state index in [0.717, 1.165) is 0 Å². The van der Waals surface area contributed by atoms with Gasteiger partial charge in [-0.1, -0.05) is 221 Å². The third kappa shape index (κ3) is 6.27. The highest BCUT2D eigenvalue weighted by Gasteiger charge is 2.70. The molecule has 0 N–H and O–H groups in total. The van der Waals surface area contributed by atoms with Gasteiger partial charge in [-0.25, -0.2) is 0 Å². The Bertz CT molecular complexity index is 888. The van der Waals surface area contributed by atoms with Crippen LogP contribution in [0.5, 0.6) is 0 Å². The lowest BCUT2D eigenvalue weighted by Crippen LogP contribution is -2.55. The molecule has 0 aliphatic carbocycles. The highest BCUT2D eigenvalue weighted by atomic mass is 35.6. The van der Waals surface area contributed by atoms with Gasteiger partial charge in [0.2, 0.25) is 16.3 Å². The summed E-state index contributed by atoms with van der Waals surface area (Å²) in [6.07, 6.45) is 0.0829. The molecule has 0 atom stereocenters. The first kappa shape index (κ1) is 36.5. The lowest BCUT2D eigenvalue weighted by molar-refractivity contribution is 0.587. The summed E-state index contributed by atoms with van der Waals surface area (Å²) in [5.41, 5.74) is 0.175. The third-order valence-electron chi connectivity index (χ3n) is 4.37. The Morgan fingerprint density at radius 2 is 0.853 bits per heavy atom. The smallest absolute Gasteiger partial charge is 0.0943 e. The summed E-state index contributed by atoms with van der Waals surface area (Å²) in [5.74, 6) is 0. The summed E-state index contributed by atoms with van der Waals surface area (Å²) < 4.78 is -20.1. The van der Waals surface area contributed by atoms with Crippen molar-refractivity contribution in [3.8, 4) is 0 Å². The predicted octanol–water partition coefficient (Wildman–Crippen LogP) is 12.8. The van der Waals surface area contributed by atoms with E-state index in [2.05, 4.69) is 6.92 Å². The maximum Gasteiger partial charge on any atom is 0.226 e. The second-order valence-corrected chi connectivity index (χ2v) is 19.1. The second-order valence-electron chi connectivity index (χ2n) is 6.56. The highest BCUT2D eigenvalue weighted by molar-refractivity contribution is 6.81. The van der Waals surface area contributed by atoms with Crippen LogP contribution in [-0.4, -0.2) is 24.9 Å². The standard InChI is InChI=1S/C16H7Cl18/c1-2-6-3-4-7(9(17,18)11(21,22)13(25,26)15(29,30)31)5-8(6)10(19,20)12(23,24)14(27,28)16(32,33)34/h3-5H,1-2H2. The van der Waals surface area contributed by atoms with Gasteiger partial charge in [0.25, 0.3) is 0 Å². The number of halogens is 18. The summed E-state index contributed by atoms with van der Waals surface area (Å²) in [6.45, 7) is 3.77. The third-order valence-corrected chi connectivity index (χ3v) is 15.3. The van der Waals surface area contributed by atoms with Gasteiger partial charge in [0.15, 0.2) is 17.3 Å². The van der Waals surface area contributed by atoms with E-state index in [9.17, 15) is 0 Å². The van der Waals surface area contributed by atoms with Gasteiger partial charge >= 0.3 is 0 Å². The zero-order chi connectivity index (χ0) is 27.6. The summed E-state index contributed by atoms with van der Waals surface area (Å²) >= 11 is 112. The fraction of sp³-hybridized carbons (Fsp3) is 0.562. The maximum absolute atomic E-state index is 6.59. The molecule has 18 heteroatoms. The molecule has 0 aliphatic heterocycles. The number of hydrogen-bond acceptors (Lipinski definition) is 0. The quantitative estimate of drug-likeness (QED) is 0.240. The first-order valence-electron chi connectivity index (χ1n) is 7.99. The molecule has 0 saturated heterocycles. The maximum atomic E-state index is 6.59. The molecule has 197 valence electrons. The van der Waals surface area contributed by atoms with Crippen molar-refractivity contribution >= 4 is 209 Å². The average molecular weight is 837 g/mol. The molecule has 0 fully saturated rings. The van der Waals surface area contributed by atoms with Gasteiger partial charge in [0, 0.05) is 0 Å². The molecule has 0 aliphatic rings. The van der Waals surface area contributed by atoms with Gasteiger partial charge < -0.3 is 0 Å². The van der Waals surface area contributed by atoms with Gasteiger partial charge in [-0.15, -0.1) is 0 Å². The Morgan fingerprint density at radius 3 is 1.18 bits per heavy atom. The van der Waals surface area contributed by atoms with Crippen LogP contribution >= 0.6 is 209 Å². The lowest BCUT2D eigenvalue weighted by Gasteiger charge is -2.46. The molecule has 0 heterocycles. The molecule has 0 spiro atoms. The van der Waals surface area contributed by atoms with Crippen molar-refractivity contribution in [3.63, 3.8) is 0 Å². The molecule has 1 radical (unpaired) electrons. The zero-order valence-electron chi connectivity index (χ0n) is 15.4. The van der Waals surface area contributed by atoms with Crippen LogP contribution in [-0.2, 0) is 15.1 Å². The number of rotatable bonds is 7. The molecular formula is C16H7Cl18. The van der Waals surface area contributed by atoms with E-state index < -0.39 is 33.6 Å². The second kappa shape index (κ2) is 11.6. The minimum atomic E-state index is -2.60. The van der Waals surface area contributed by atoms with Crippen molar-refractivity contribution in [3.05, 3.63) is 41.8 Å². The van der Waals surface area contributed by atoms with E-state index in [0.29, 0.717) is 5.56 Å². The van der Waals surface area contributed by atoms with E-state index in [1.54, 1.807) is 0 Å². The topological polar surface area (TPSA) is 0 Å². The lowest BCUT2D eigenvalue weighted by atomic mass is 9.93.